The lowest BCUT2D eigenvalue weighted by Crippen LogP contribution is -2.36. The van der Waals surface area contributed by atoms with Gasteiger partial charge in [0.15, 0.2) is 0 Å². The van der Waals surface area contributed by atoms with Gasteiger partial charge in [-0.3, -0.25) is 0 Å². The van der Waals surface area contributed by atoms with Gasteiger partial charge in [0.1, 0.15) is 5.82 Å². The number of aliphatic hydroxyl groups excluding tert-OH is 1. The molecule has 1 aromatic rings. The second-order valence-corrected chi connectivity index (χ2v) is 5.91. The minimum absolute atomic E-state index is 0.226. The summed E-state index contributed by atoms with van der Waals surface area (Å²) in [4.78, 5) is 2.07. The number of rotatable bonds is 3. The molecule has 4 heteroatoms. The van der Waals surface area contributed by atoms with Crippen molar-refractivity contribution in [2.24, 2.45) is 0 Å². The standard InChI is InChI=1S/C14H20FNOS/c1-10(17)12-4-3-5-13(15)14(12)16-8-6-11(18-2)7-9-16/h3-5,10-11,17H,6-9H2,1-2H3/t10-/m0/s1. The van der Waals surface area contributed by atoms with Gasteiger partial charge in [0.05, 0.1) is 11.8 Å². The van der Waals surface area contributed by atoms with Crippen molar-refractivity contribution in [3.63, 3.8) is 0 Å². The minimum atomic E-state index is -0.631. The van der Waals surface area contributed by atoms with Crippen LogP contribution in [0.15, 0.2) is 18.2 Å². The first kappa shape index (κ1) is 13.7. The summed E-state index contributed by atoms with van der Waals surface area (Å²) in [5, 5.41) is 10.4. The number of aliphatic hydroxyl groups is 1. The zero-order valence-corrected chi connectivity index (χ0v) is 11.7. The summed E-state index contributed by atoms with van der Waals surface area (Å²) < 4.78 is 14.0. The van der Waals surface area contributed by atoms with Gasteiger partial charge >= 0.3 is 0 Å². The van der Waals surface area contributed by atoms with Crippen LogP contribution in [0.1, 0.15) is 31.4 Å². The summed E-state index contributed by atoms with van der Waals surface area (Å²) in [6.45, 7) is 3.42. The predicted molar refractivity (Wildman–Crippen MR) is 75.8 cm³/mol. The van der Waals surface area contributed by atoms with Crippen LogP contribution in [0.4, 0.5) is 10.1 Å². The topological polar surface area (TPSA) is 23.5 Å². The van der Waals surface area contributed by atoms with Crippen molar-refractivity contribution in [1.82, 2.24) is 0 Å². The molecule has 1 aliphatic heterocycles. The van der Waals surface area contributed by atoms with E-state index in [0.29, 0.717) is 16.5 Å². The molecule has 1 fully saturated rings. The number of hydrogen-bond donors (Lipinski definition) is 1. The second kappa shape index (κ2) is 5.93. The molecule has 1 aliphatic rings. The number of benzene rings is 1. The Balaban J connectivity index is 2.23. The van der Waals surface area contributed by atoms with Gasteiger partial charge in [-0.25, -0.2) is 4.39 Å². The molecule has 0 unspecified atom stereocenters. The van der Waals surface area contributed by atoms with Gasteiger partial charge in [-0.05, 0) is 32.1 Å². The molecule has 2 rings (SSSR count). The molecule has 0 saturated carbocycles. The largest absolute Gasteiger partial charge is 0.389 e. The highest BCUT2D eigenvalue weighted by molar-refractivity contribution is 7.99. The molecule has 0 spiro atoms. The molecule has 1 aromatic carbocycles. The van der Waals surface area contributed by atoms with Crippen LogP contribution in [0.3, 0.4) is 0 Å². The summed E-state index contributed by atoms with van der Waals surface area (Å²) in [6.07, 6.45) is 3.66. The van der Waals surface area contributed by atoms with E-state index in [4.69, 9.17) is 0 Å². The molecule has 2 nitrogen and oxygen atoms in total. The zero-order valence-electron chi connectivity index (χ0n) is 10.9. The fourth-order valence-corrected chi connectivity index (χ4v) is 3.20. The fourth-order valence-electron chi connectivity index (χ4n) is 2.52. The van der Waals surface area contributed by atoms with Crippen LogP contribution in [0, 0.1) is 5.82 Å². The Labute approximate surface area is 112 Å². The summed E-state index contributed by atoms with van der Waals surface area (Å²) in [5.74, 6) is -0.226. The molecule has 100 valence electrons. The highest BCUT2D eigenvalue weighted by Crippen LogP contribution is 2.32. The molecular formula is C14H20FNOS. The first-order chi connectivity index (χ1) is 8.63. The molecule has 1 atom stereocenters. The maximum Gasteiger partial charge on any atom is 0.146 e. The van der Waals surface area contributed by atoms with Gasteiger partial charge in [-0.15, -0.1) is 0 Å². The summed E-state index contributed by atoms with van der Waals surface area (Å²) in [6, 6.07) is 4.95. The van der Waals surface area contributed by atoms with Crippen LogP contribution >= 0.6 is 11.8 Å². The normalized spacial score (nSPS) is 19.0. The van der Waals surface area contributed by atoms with Crippen LogP contribution in [0.2, 0.25) is 0 Å². The molecular weight excluding hydrogens is 249 g/mol. The maximum atomic E-state index is 14.0. The van der Waals surface area contributed by atoms with Crippen molar-refractivity contribution in [2.45, 2.75) is 31.1 Å². The van der Waals surface area contributed by atoms with Crippen LogP contribution in [0.25, 0.3) is 0 Å². The van der Waals surface area contributed by atoms with E-state index >= 15 is 0 Å². The van der Waals surface area contributed by atoms with E-state index in [9.17, 15) is 9.50 Å². The highest BCUT2D eigenvalue weighted by Gasteiger charge is 2.23. The summed E-state index contributed by atoms with van der Waals surface area (Å²) in [5.41, 5.74) is 1.28. The van der Waals surface area contributed by atoms with Crippen LogP contribution in [-0.2, 0) is 0 Å². The lowest BCUT2D eigenvalue weighted by atomic mass is 10.0. The average Bonchev–Trinajstić information content (AvgIpc) is 2.38. The van der Waals surface area contributed by atoms with E-state index in [1.807, 2.05) is 17.8 Å². The highest BCUT2D eigenvalue weighted by atomic mass is 32.2. The van der Waals surface area contributed by atoms with Gasteiger partial charge in [-0.1, -0.05) is 12.1 Å². The van der Waals surface area contributed by atoms with Gasteiger partial charge in [0, 0.05) is 23.9 Å². The van der Waals surface area contributed by atoms with Gasteiger partial charge in [0.2, 0.25) is 0 Å². The van der Waals surface area contributed by atoms with Gasteiger partial charge in [0.25, 0.3) is 0 Å². The van der Waals surface area contributed by atoms with Crippen molar-refractivity contribution >= 4 is 17.4 Å². The number of thioether (sulfide) groups is 1. The maximum absolute atomic E-state index is 14.0. The second-order valence-electron chi connectivity index (χ2n) is 4.78. The molecule has 1 saturated heterocycles. The minimum Gasteiger partial charge on any atom is -0.389 e. The smallest absolute Gasteiger partial charge is 0.146 e. The Morgan fingerprint density at radius 3 is 2.61 bits per heavy atom. The average molecular weight is 269 g/mol. The number of anilines is 1. The Kier molecular flexibility index (Phi) is 4.51. The lowest BCUT2D eigenvalue weighted by Gasteiger charge is -2.34. The molecule has 18 heavy (non-hydrogen) atoms. The van der Waals surface area contributed by atoms with Crippen molar-refractivity contribution in [1.29, 1.82) is 0 Å². The molecule has 0 amide bonds. The van der Waals surface area contributed by atoms with E-state index in [1.54, 1.807) is 13.0 Å². The van der Waals surface area contributed by atoms with Crippen LogP contribution in [-0.4, -0.2) is 29.7 Å². The van der Waals surface area contributed by atoms with Gasteiger partial charge in [-0.2, -0.15) is 11.8 Å². The molecule has 0 bridgehead atoms. The lowest BCUT2D eigenvalue weighted by molar-refractivity contribution is 0.199. The Morgan fingerprint density at radius 2 is 2.06 bits per heavy atom. The first-order valence-electron chi connectivity index (χ1n) is 6.37. The molecule has 0 radical (unpaired) electrons. The predicted octanol–water partition coefficient (Wildman–Crippen LogP) is 3.21. The summed E-state index contributed by atoms with van der Waals surface area (Å²) in [7, 11) is 0. The summed E-state index contributed by atoms with van der Waals surface area (Å²) >= 11 is 1.89. The Bertz CT molecular complexity index is 403. The van der Waals surface area contributed by atoms with Crippen molar-refractivity contribution in [2.75, 3.05) is 24.2 Å². The molecule has 1 heterocycles. The van der Waals surface area contributed by atoms with Crippen molar-refractivity contribution in [3.05, 3.63) is 29.6 Å². The van der Waals surface area contributed by atoms with Crippen molar-refractivity contribution < 1.29 is 9.50 Å². The Hall–Kier alpha value is -0.740. The Morgan fingerprint density at radius 1 is 1.39 bits per heavy atom. The SMILES string of the molecule is CSC1CCN(c2c(F)cccc2[C@H](C)O)CC1. The monoisotopic (exact) mass is 269 g/mol. The number of nitrogens with zero attached hydrogens (tertiary/aromatic N) is 1. The fraction of sp³-hybridized carbons (Fsp3) is 0.571. The first-order valence-corrected chi connectivity index (χ1v) is 7.66. The third kappa shape index (κ3) is 2.81. The number of halogens is 1. The van der Waals surface area contributed by atoms with E-state index in [1.165, 1.54) is 6.07 Å². The molecule has 0 aliphatic carbocycles. The van der Waals surface area contributed by atoms with E-state index in [2.05, 4.69) is 11.2 Å². The van der Waals surface area contributed by atoms with E-state index in [-0.39, 0.29) is 5.82 Å². The van der Waals surface area contributed by atoms with Gasteiger partial charge < -0.3 is 10.0 Å². The molecule has 0 aromatic heterocycles. The van der Waals surface area contributed by atoms with Crippen LogP contribution < -0.4 is 4.90 Å². The van der Waals surface area contributed by atoms with Crippen molar-refractivity contribution in [3.8, 4) is 0 Å². The third-order valence-electron chi connectivity index (χ3n) is 3.56. The quantitative estimate of drug-likeness (QED) is 0.911. The number of para-hydroxylation sites is 1. The third-order valence-corrected chi connectivity index (χ3v) is 4.70. The molecule has 1 N–H and O–H groups in total. The number of hydrogen-bond acceptors (Lipinski definition) is 3. The number of piperidine rings is 1. The van der Waals surface area contributed by atoms with Crippen LogP contribution in [0.5, 0.6) is 0 Å². The zero-order chi connectivity index (χ0) is 13.1. The van der Waals surface area contributed by atoms with E-state index < -0.39 is 6.10 Å². The van der Waals surface area contributed by atoms with E-state index in [0.717, 1.165) is 25.9 Å².